The average Bonchev–Trinajstić information content (AvgIpc) is 3.42. The molecule has 0 saturated carbocycles. The number of fused-ring (bicyclic) bond motifs is 2. The minimum Gasteiger partial charge on any atom is -0.475 e. The van der Waals surface area contributed by atoms with Gasteiger partial charge in [0.15, 0.2) is 0 Å². The van der Waals surface area contributed by atoms with Gasteiger partial charge in [0.05, 0.1) is 13.1 Å². The smallest absolute Gasteiger partial charge is 0.475 e. The molecule has 2 aliphatic heterocycles. The quantitative estimate of drug-likeness (QED) is 0.510. The monoisotopic (exact) mass is 537 g/mol. The topological polar surface area (TPSA) is 110 Å². The van der Waals surface area contributed by atoms with Gasteiger partial charge in [-0.2, -0.15) is 18.3 Å². The summed E-state index contributed by atoms with van der Waals surface area (Å²) < 4.78 is 34.7. The van der Waals surface area contributed by atoms with Crippen molar-refractivity contribution in [3.63, 3.8) is 0 Å². The van der Waals surface area contributed by atoms with Gasteiger partial charge in [-0.1, -0.05) is 30.3 Å². The van der Waals surface area contributed by atoms with E-state index in [-0.39, 0.29) is 5.41 Å². The molecule has 1 aromatic carbocycles. The Bertz CT molecular complexity index is 1380. The van der Waals surface area contributed by atoms with Crippen LogP contribution in [0.25, 0.3) is 0 Å². The molecule has 1 spiro atoms. The van der Waals surface area contributed by atoms with Crippen LogP contribution in [0.4, 0.5) is 13.2 Å². The first kappa shape index (κ1) is 26.7. The first-order valence-electron chi connectivity index (χ1n) is 11.7. The van der Waals surface area contributed by atoms with Gasteiger partial charge in [0.25, 0.3) is 0 Å². The summed E-state index contributed by atoms with van der Waals surface area (Å²) in [5.74, 6) is -1.96. The van der Waals surface area contributed by atoms with Crippen molar-refractivity contribution in [2.24, 2.45) is 0 Å². The highest BCUT2D eigenvalue weighted by Crippen LogP contribution is 2.41. The molecule has 0 amide bonds. The van der Waals surface area contributed by atoms with Gasteiger partial charge in [0.1, 0.15) is 10.8 Å². The zero-order valence-corrected chi connectivity index (χ0v) is 20.9. The van der Waals surface area contributed by atoms with Crippen molar-refractivity contribution in [3.8, 4) is 0 Å². The zero-order chi connectivity index (χ0) is 26.8. The standard InChI is InChI=1S/C22H25N5O2S.C2HF3O2/c1-16-15-30-18(23-16)14-25-10-7-22(8-11-25)9-12-26-19(28)20(29)27(24-21(22)26)13-17-5-3-2-4-6-17;3-2(4,5)1(6)7/h2-6,15H,7-14H2,1H3;(H,6,7). The predicted molar refractivity (Wildman–Crippen MR) is 130 cm³/mol. The van der Waals surface area contributed by atoms with Gasteiger partial charge in [0.2, 0.25) is 0 Å². The number of hydrogen-bond acceptors (Lipinski definition) is 7. The highest BCUT2D eigenvalue weighted by Gasteiger charge is 2.44. The molecule has 1 fully saturated rings. The molecule has 4 heterocycles. The van der Waals surface area contributed by atoms with E-state index in [1.807, 2.05) is 37.3 Å². The molecule has 9 nitrogen and oxygen atoms in total. The number of halogens is 3. The second-order valence-electron chi connectivity index (χ2n) is 9.22. The Balaban J connectivity index is 0.000000405. The second kappa shape index (κ2) is 10.6. The van der Waals surface area contributed by atoms with Crippen molar-refractivity contribution in [2.75, 3.05) is 13.1 Å². The van der Waals surface area contributed by atoms with Crippen molar-refractivity contribution >= 4 is 17.3 Å². The third kappa shape index (κ3) is 5.99. The molecule has 1 N–H and O–H groups in total. The summed E-state index contributed by atoms with van der Waals surface area (Å²) in [7, 11) is 0. The number of carboxylic acids is 1. The van der Waals surface area contributed by atoms with Gasteiger partial charge in [-0.25, -0.2) is 14.5 Å². The molecular weight excluding hydrogens is 511 g/mol. The van der Waals surface area contributed by atoms with E-state index in [2.05, 4.69) is 15.3 Å². The Morgan fingerprint density at radius 2 is 1.68 bits per heavy atom. The fourth-order valence-corrected chi connectivity index (χ4v) is 5.53. The highest BCUT2D eigenvalue weighted by atomic mass is 32.1. The molecule has 0 aliphatic carbocycles. The molecule has 2 aliphatic rings. The van der Waals surface area contributed by atoms with Crippen molar-refractivity contribution in [3.05, 3.63) is 78.5 Å². The molecule has 0 radical (unpaired) electrons. The van der Waals surface area contributed by atoms with Crippen LogP contribution >= 0.6 is 11.3 Å². The molecule has 13 heteroatoms. The molecule has 0 bridgehead atoms. The van der Waals surface area contributed by atoms with E-state index in [4.69, 9.17) is 15.0 Å². The van der Waals surface area contributed by atoms with E-state index >= 15 is 0 Å². The number of rotatable bonds is 4. The molecule has 0 unspecified atom stereocenters. The van der Waals surface area contributed by atoms with Gasteiger partial charge in [-0.3, -0.25) is 19.1 Å². The summed E-state index contributed by atoms with van der Waals surface area (Å²) in [5.41, 5.74) is 0.968. The molecule has 37 heavy (non-hydrogen) atoms. The van der Waals surface area contributed by atoms with Gasteiger partial charge in [0, 0.05) is 23.0 Å². The van der Waals surface area contributed by atoms with E-state index in [1.165, 1.54) is 4.68 Å². The van der Waals surface area contributed by atoms with Crippen LogP contribution < -0.4 is 11.1 Å². The SMILES string of the molecule is Cc1csc(CN2CCC3(CC2)CCn2c3nn(Cc3ccccc3)c(=O)c2=O)n1.O=C(O)C(F)(F)F. The van der Waals surface area contributed by atoms with Crippen molar-refractivity contribution < 1.29 is 23.1 Å². The number of alkyl halides is 3. The van der Waals surface area contributed by atoms with Crippen molar-refractivity contribution in [2.45, 2.75) is 57.4 Å². The highest BCUT2D eigenvalue weighted by molar-refractivity contribution is 7.09. The lowest BCUT2D eigenvalue weighted by molar-refractivity contribution is -0.192. The summed E-state index contributed by atoms with van der Waals surface area (Å²) in [6.45, 7) is 5.72. The van der Waals surface area contributed by atoms with Crippen LogP contribution in [-0.4, -0.2) is 54.6 Å². The number of nitrogens with zero attached hydrogens (tertiary/aromatic N) is 5. The van der Waals surface area contributed by atoms with Gasteiger partial charge in [-0.15, -0.1) is 11.3 Å². The third-order valence-corrected chi connectivity index (χ3v) is 7.63. The maximum Gasteiger partial charge on any atom is 0.490 e. The number of thiazole rings is 1. The van der Waals surface area contributed by atoms with Crippen molar-refractivity contribution in [1.29, 1.82) is 0 Å². The number of likely N-dealkylation sites (tertiary alicyclic amines) is 1. The van der Waals surface area contributed by atoms with E-state index < -0.39 is 23.3 Å². The van der Waals surface area contributed by atoms with Crippen LogP contribution in [0.15, 0.2) is 45.3 Å². The summed E-state index contributed by atoms with van der Waals surface area (Å²) in [6, 6.07) is 9.71. The molecule has 3 aromatic rings. The average molecular weight is 538 g/mol. The van der Waals surface area contributed by atoms with Crippen LogP contribution in [0, 0.1) is 6.92 Å². The fraction of sp³-hybridized carbons (Fsp3) is 0.458. The Labute approximate surface area is 213 Å². The fourth-order valence-electron chi connectivity index (χ4n) is 4.72. The van der Waals surface area contributed by atoms with Gasteiger partial charge < -0.3 is 5.11 Å². The molecule has 198 valence electrons. The zero-order valence-electron chi connectivity index (χ0n) is 20.1. The molecule has 1 saturated heterocycles. The molecular formula is C24H26F3N5O4S. The Kier molecular flexibility index (Phi) is 7.64. The van der Waals surface area contributed by atoms with Crippen LogP contribution in [0.2, 0.25) is 0 Å². The number of aromatic nitrogens is 4. The number of benzene rings is 1. The lowest BCUT2D eigenvalue weighted by Crippen LogP contribution is -2.47. The number of aliphatic carboxylic acids is 1. The number of carbonyl (C=O) groups is 1. The summed E-state index contributed by atoms with van der Waals surface area (Å²) in [4.78, 5) is 41.3. The van der Waals surface area contributed by atoms with Crippen LogP contribution in [0.5, 0.6) is 0 Å². The van der Waals surface area contributed by atoms with E-state index in [0.717, 1.165) is 61.0 Å². The lowest BCUT2D eigenvalue weighted by atomic mass is 9.77. The number of piperidine rings is 1. The summed E-state index contributed by atoms with van der Waals surface area (Å²) in [6.07, 6.45) is -2.30. The maximum atomic E-state index is 12.8. The summed E-state index contributed by atoms with van der Waals surface area (Å²) in [5, 5.41) is 15.1. The number of aryl methyl sites for hydroxylation is 1. The van der Waals surface area contributed by atoms with Gasteiger partial charge in [-0.05, 0) is 44.8 Å². The largest absolute Gasteiger partial charge is 0.490 e. The molecule has 0 atom stereocenters. The van der Waals surface area contributed by atoms with Crippen molar-refractivity contribution in [1.82, 2.24) is 24.2 Å². The van der Waals surface area contributed by atoms with E-state index in [0.29, 0.717) is 13.1 Å². The van der Waals surface area contributed by atoms with E-state index in [9.17, 15) is 22.8 Å². The summed E-state index contributed by atoms with van der Waals surface area (Å²) >= 11 is 1.71. The minimum atomic E-state index is -5.08. The first-order chi connectivity index (χ1) is 17.5. The second-order valence-corrected chi connectivity index (χ2v) is 10.2. The number of hydrogen-bond donors (Lipinski definition) is 1. The first-order valence-corrected chi connectivity index (χ1v) is 12.6. The number of carboxylic acid groups (broad SMARTS) is 1. The third-order valence-electron chi connectivity index (χ3n) is 6.68. The van der Waals surface area contributed by atoms with E-state index in [1.54, 1.807) is 15.9 Å². The maximum absolute atomic E-state index is 12.8. The van der Waals surface area contributed by atoms with Crippen LogP contribution in [-0.2, 0) is 29.8 Å². The lowest BCUT2D eigenvalue weighted by Gasteiger charge is -2.38. The molecule has 2 aromatic heterocycles. The Morgan fingerprint density at radius 3 is 2.24 bits per heavy atom. The Hall–Kier alpha value is -3.32. The minimum absolute atomic E-state index is 0.111. The Morgan fingerprint density at radius 1 is 1.05 bits per heavy atom. The van der Waals surface area contributed by atoms with Gasteiger partial charge >= 0.3 is 23.3 Å². The predicted octanol–water partition coefficient (Wildman–Crippen LogP) is 2.79. The van der Waals surface area contributed by atoms with Crippen LogP contribution in [0.3, 0.4) is 0 Å². The van der Waals surface area contributed by atoms with Crippen LogP contribution in [0.1, 0.15) is 41.4 Å². The molecule has 5 rings (SSSR count). The normalized spacial score (nSPS) is 16.8.